The average molecular weight is 277 g/mol. The van der Waals surface area contributed by atoms with Crippen molar-refractivity contribution in [2.45, 2.75) is 26.3 Å². The quantitative estimate of drug-likeness (QED) is 0.632. The maximum Gasteiger partial charge on any atom is 0.338 e. The van der Waals surface area contributed by atoms with Gasteiger partial charge >= 0.3 is 5.97 Å². The summed E-state index contributed by atoms with van der Waals surface area (Å²) >= 11 is 0. The summed E-state index contributed by atoms with van der Waals surface area (Å²) in [6, 6.07) is 5.70. The number of rotatable bonds is 6. The molecule has 0 amide bonds. The first kappa shape index (κ1) is 15.4. The molecule has 0 aliphatic rings. The number of nitrogens with zero attached hydrogens (tertiary/aromatic N) is 3. The number of hydrogen-bond acceptors (Lipinski definition) is 5. The molecule has 0 bridgehead atoms. The lowest BCUT2D eigenvalue weighted by molar-refractivity contribution is -0.384. The normalized spacial score (nSPS) is 10.1. The molecule has 0 saturated carbocycles. The zero-order valence-corrected chi connectivity index (χ0v) is 11.2. The van der Waals surface area contributed by atoms with Crippen molar-refractivity contribution in [1.82, 2.24) is 0 Å². The predicted octanol–water partition coefficient (Wildman–Crippen LogP) is 2.42. The van der Waals surface area contributed by atoms with Gasteiger partial charge in [-0.25, -0.2) is 4.79 Å². The van der Waals surface area contributed by atoms with E-state index in [9.17, 15) is 20.0 Å². The van der Waals surface area contributed by atoms with E-state index in [1.807, 2.05) is 19.9 Å². The summed E-state index contributed by atoms with van der Waals surface area (Å²) in [6.07, 6.45) is 0.244. The van der Waals surface area contributed by atoms with Crippen molar-refractivity contribution in [3.05, 3.63) is 33.9 Å². The van der Waals surface area contributed by atoms with E-state index < -0.39 is 10.9 Å². The van der Waals surface area contributed by atoms with Crippen LogP contribution in [0.15, 0.2) is 18.2 Å². The van der Waals surface area contributed by atoms with E-state index in [1.165, 1.54) is 12.1 Å². The minimum Gasteiger partial charge on any atom is -0.478 e. The third-order valence-corrected chi connectivity index (χ3v) is 2.82. The Morgan fingerprint density at radius 2 is 2.20 bits per heavy atom. The Bertz CT molecular complexity index is 563. The van der Waals surface area contributed by atoms with E-state index in [0.717, 1.165) is 6.07 Å². The van der Waals surface area contributed by atoms with Gasteiger partial charge in [0.2, 0.25) is 0 Å². The van der Waals surface area contributed by atoms with Crippen molar-refractivity contribution in [1.29, 1.82) is 5.26 Å². The molecule has 7 heteroatoms. The van der Waals surface area contributed by atoms with Crippen molar-refractivity contribution in [3.8, 4) is 6.07 Å². The predicted molar refractivity (Wildman–Crippen MR) is 72.8 cm³/mol. The Hall–Kier alpha value is -2.62. The number of carboxylic acids is 1. The van der Waals surface area contributed by atoms with Crippen LogP contribution >= 0.6 is 0 Å². The van der Waals surface area contributed by atoms with Crippen LogP contribution < -0.4 is 4.90 Å². The maximum absolute atomic E-state index is 11.3. The Balaban J connectivity index is 3.30. The molecule has 106 valence electrons. The minimum absolute atomic E-state index is 0.0251. The van der Waals surface area contributed by atoms with E-state index in [0.29, 0.717) is 12.2 Å². The Kier molecular flexibility index (Phi) is 5.03. The number of benzene rings is 1. The van der Waals surface area contributed by atoms with Gasteiger partial charge in [0.25, 0.3) is 5.69 Å². The third kappa shape index (κ3) is 3.45. The number of nitro benzene ring substituents is 1. The number of anilines is 1. The molecule has 0 saturated heterocycles. The summed E-state index contributed by atoms with van der Waals surface area (Å²) in [5.41, 5.74) is -0.0191. The molecule has 0 aliphatic carbocycles. The molecule has 0 aromatic heterocycles. The molecule has 0 spiro atoms. The lowest BCUT2D eigenvalue weighted by Crippen LogP contribution is -2.33. The van der Waals surface area contributed by atoms with Crippen molar-refractivity contribution < 1.29 is 14.8 Å². The van der Waals surface area contributed by atoms with Gasteiger partial charge in [-0.15, -0.1) is 0 Å². The number of non-ortho nitro benzene ring substituents is 1. The van der Waals surface area contributed by atoms with Crippen LogP contribution in [0.4, 0.5) is 11.4 Å². The molecular weight excluding hydrogens is 262 g/mol. The van der Waals surface area contributed by atoms with E-state index >= 15 is 0 Å². The third-order valence-electron chi connectivity index (χ3n) is 2.82. The van der Waals surface area contributed by atoms with Crippen molar-refractivity contribution >= 4 is 17.3 Å². The maximum atomic E-state index is 11.3. The van der Waals surface area contributed by atoms with Gasteiger partial charge in [-0.05, 0) is 19.9 Å². The minimum atomic E-state index is -1.23. The fourth-order valence-corrected chi connectivity index (χ4v) is 1.89. The van der Waals surface area contributed by atoms with Gasteiger partial charge < -0.3 is 10.0 Å². The standard InChI is InChI=1S/C13H15N3O4/c1-9(2)15(7-3-6-14)12-5-4-10(16(19)20)8-11(12)13(17)18/h4-5,8-9H,3,7H2,1-2H3,(H,17,18). The smallest absolute Gasteiger partial charge is 0.338 e. The summed E-state index contributed by atoms with van der Waals surface area (Å²) in [5.74, 6) is -1.23. The summed E-state index contributed by atoms with van der Waals surface area (Å²) < 4.78 is 0. The highest BCUT2D eigenvalue weighted by molar-refractivity contribution is 5.95. The summed E-state index contributed by atoms with van der Waals surface area (Å²) in [5, 5.41) is 28.6. The molecule has 0 radical (unpaired) electrons. The van der Waals surface area contributed by atoms with Crippen LogP contribution in [0.2, 0.25) is 0 Å². The molecule has 1 aromatic carbocycles. The van der Waals surface area contributed by atoms with Crippen LogP contribution in [0.5, 0.6) is 0 Å². The van der Waals surface area contributed by atoms with E-state index in [-0.39, 0.29) is 23.7 Å². The molecule has 1 rings (SSSR count). The number of nitriles is 1. The molecule has 1 aromatic rings. The molecule has 0 fully saturated rings. The topological polar surface area (TPSA) is 107 Å². The fourth-order valence-electron chi connectivity index (χ4n) is 1.89. The number of nitro groups is 1. The Morgan fingerprint density at radius 1 is 1.55 bits per heavy atom. The van der Waals surface area contributed by atoms with Crippen LogP contribution in [-0.4, -0.2) is 28.6 Å². The van der Waals surface area contributed by atoms with Crippen LogP contribution in [-0.2, 0) is 0 Å². The molecule has 7 nitrogen and oxygen atoms in total. The van der Waals surface area contributed by atoms with Gasteiger partial charge in [-0.2, -0.15) is 5.26 Å². The van der Waals surface area contributed by atoms with Gasteiger partial charge in [0.15, 0.2) is 0 Å². The van der Waals surface area contributed by atoms with Crippen LogP contribution in [0.25, 0.3) is 0 Å². The van der Waals surface area contributed by atoms with Gasteiger partial charge in [0.05, 0.1) is 28.7 Å². The van der Waals surface area contributed by atoms with Crippen LogP contribution in [0.3, 0.4) is 0 Å². The Labute approximate surface area is 116 Å². The summed E-state index contributed by atoms with van der Waals surface area (Å²) in [7, 11) is 0. The average Bonchev–Trinajstić information content (AvgIpc) is 2.38. The molecule has 0 aliphatic heterocycles. The highest BCUT2D eigenvalue weighted by atomic mass is 16.6. The van der Waals surface area contributed by atoms with E-state index in [2.05, 4.69) is 0 Å². The van der Waals surface area contributed by atoms with Gasteiger partial charge in [0.1, 0.15) is 0 Å². The first-order valence-electron chi connectivity index (χ1n) is 6.03. The van der Waals surface area contributed by atoms with E-state index in [1.54, 1.807) is 4.90 Å². The van der Waals surface area contributed by atoms with Crippen molar-refractivity contribution in [2.75, 3.05) is 11.4 Å². The summed E-state index contributed by atoms with van der Waals surface area (Å²) in [4.78, 5) is 23.1. The zero-order valence-electron chi connectivity index (χ0n) is 11.2. The molecule has 1 N–H and O–H groups in total. The second kappa shape index (κ2) is 6.52. The second-order valence-electron chi connectivity index (χ2n) is 4.46. The van der Waals surface area contributed by atoms with Crippen LogP contribution in [0.1, 0.15) is 30.6 Å². The molecular formula is C13H15N3O4. The first-order chi connectivity index (χ1) is 9.38. The van der Waals surface area contributed by atoms with Gasteiger partial charge in [-0.3, -0.25) is 10.1 Å². The monoisotopic (exact) mass is 277 g/mol. The van der Waals surface area contributed by atoms with Crippen molar-refractivity contribution in [3.63, 3.8) is 0 Å². The lowest BCUT2D eigenvalue weighted by atomic mass is 10.1. The second-order valence-corrected chi connectivity index (χ2v) is 4.46. The molecule has 0 heterocycles. The first-order valence-corrected chi connectivity index (χ1v) is 6.03. The molecule has 0 unspecified atom stereocenters. The summed E-state index contributed by atoms with van der Waals surface area (Å²) in [6.45, 7) is 4.10. The number of hydrogen-bond donors (Lipinski definition) is 1. The highest BCUT2D eigenvalue weighted by Gasteiger charge is 2.21. The Morgan fingerprint density at radius 3 is 2.65 bits per heavy atom. The van der Waals surface area contributed by atoms with Gasteiger partial charge in [0, 0.05) is 24.7 Å². The fraction of sp³-hybridized carbons (Fsp3) is 0.385. The lowest BCUT2D eigenvalue weighted by Gasteiger charge is -2.29. The number of aromatic carboxylic acids is 1. The highest BCUT2D eigenvalue weighted by Crippen LogP contribution is 2.27. The van der Waals surface area contributed by atoms with E-state index in [4.69, 9.17) is 5.26 Å². The SMILES string of the molecule is CC(C)N(CCC#N)c1ccc([N+](=O)[O-])cc1C(=O)O. The van der Waals surface area contributed by atoms with Gasteiger partial charge in [-0.1, -0.05) is 0 Å². The van der Waals surface area contributed by atoms with Crippen molar-refractivity contribution in [2.24, 2.45) is 0 Å². The molecule has 0 atom stereocenters. The number of carboxylic acid groups (broad SMARTS) is 1. The number of carbonyl (C=O) groups is 1. The largest absolute Gasteiger partial charge is 0.478 e. The molecule has 20 heavy (non-hydrogen) atoms. The zero-order chi connectivity index (χ0) is 15.3. The van der Waals surface area contributed by atoms with Crippen LogP contribution in [0, 0.1) is 21.4 Å².